The fourth-order valence-electron chi connectivity index (χ4n) is 3.56. The Bertz CT molecular complexity index is 783. The van der Waals surface area contributed by atoms with Crippen molar-refractivity contribution >= 4 is 17.2 Å². The van der Waals surface area contributed by atoms with Gasteiger partial charge in [-0.1, -0.05) is 18.2 Å². The topological polar surface area (TPSA) is 44.8 Å². The third kappa shape index (κ3) is 4.38. The fourth-order valence-corrected chi connectivity index (χ4v) is 4.64. The Morgan fingerprint density at radius 3 is 2.74 bits per heavy atom. The van der Waals surface area contributed by atoms with Crippen LogP contribution in [0.3, 0.4) is 0 Å². The zero-order valence-electron chi connectivity index (χ0n) is 15.2. The van der Waals surface area contributed by atoms with Crippen molar-refractivity contribution in [3.05, 3.63) is 47.1 Å². The summed E-state index contributed by atoms with van der Waals surface area (Å²) in [6.07, 6.45) is 0. The molecule has 2 fully saturated rings. The van der Waals surface area contributed by atoms with Gasteiger partial charge in [0.25, 0.3) is 0 Å². The van der Waals surface area contributed by atoms with E-state index in [4.69, 9.17) is 4.74 Å². The molecule has 3 heterocycles. The molecule has 1 unspecified atom stereocenters. The molecule has 0 bridgehead atoms. The molecule has 144 valence electrons. The second-order valence-electron chi connectivity index (χ2n) is 6.93. The predicted octanol–water partition coefficient (Wildman–Crippen LogP) is 2.19. The first kappa shape index (κ1) is 18.6. The Labute approximate surface area is 162 Å². The quantitative estimate of drug-likeness (QED) is 0.871. The Balaban J connectivity index is 1.31. The largest absolute Gasteiger partial charge is 0.378 e. The number of carbonyl (C=O) groups excluding carboxylic acids is 1. The number of ether oxygens (including phenoxy) is 1. The van der Waals surface area contributed by atoms with Crippen molar-refractivity contribution in [2.45, 2.75) is 12.6 Å². The molecule has 2 aliphatic rings. The summed E-state index contributed by atoms with van der Waals surface area (Å²) in [6.45, 7) is 5.90. The van der Waals surface area contributed by atoms with Crippen molar-refractivity contribution in [1.29, 1.82) is 0 Å². The second-order valence-corrected chi connectivity index (χ2v) is 8.10. The van der Waals surface area contributed by atoms with E-state index in [0.717, 1.165) is 44.1 Å². The lowest BCUT2D eigenvalue weighted by molar-refractivity contribution is -0.138. The van der Waals surface area contributed by atoms with E-state index in [2.05, 4.69) is 16.3 Å². The van der Waals surface area contributed by atoms with Gasteiger partial charge < -0.3 is 15.0 Å². The molecule has 1 atom stereocenters. The SMILES string of the molecule is O=C(C1COCCN1)N1CCN(Cc2ccc(-c3ccccc3F)s2)CC1. The summed E-state index contributed by atoms with van der Waals surface area (Å²) < 4.78 is 19.4. The molecule has 1 aromatic heterocycles. The average molecular weight is 389 g/mol. The molecule has 2 aliphatic heterocycles. The molecule has 0 aliphatic carbocycles. The van der Waals surface area contributed by atoms with Gasteiger partial charge in [0.15, 0.2) is 0 Å². The molecule has 0 spiro atoms. The van der Waals surface area contributed by atoms with Gasteiger partial charge in [-0.05, 0) is 18.2 Å². The molecule has 1 aromatic carbocycles. The van der Waals surface area contributed by atoms with Crippen molar-refractivity contribution in [1.82, 2.24) is 15.1 Å². The Morgan fingerprint density at radius 2 is 2.00 bits per heavy atom. The zero-order valence-corrected chi connectivity index (χ0v) is 16.0. The number of rotatable bonds is 4. The van der Waals surface area contributed by atoms with Crippen LogP contribution in [0.5, 0.6) is 0 Å². The summed E-state index contributed by atoms with van der Waals surface area (Å²) in [5, 5.41) is 3.23. The molecule has 27 heavy (non-hydrogen) atoms. The molecule has 0 saturated carbocycles. The van der Waals surface area contributed by atoms with Crippen LogP contribution < -0.4 is 5.32 Å². The van der Waals surface area contributed by atoms with Crippen molar-refractivity contribution in [3.8, 4) is 10.4 Å². The van der Waals surface area contributed by atoms with Crippen LogP contribution in [-0.4, -0.2) is 67.7 Å². The minimum atomic E-state index is -0.203. The smallest absolute Gasteiger partial charge is 0.242 e. The van der Waals surface area contributed by atoms with Crippen LogP contribution in [0, 0.1) is 5.82 Å². The normalized spacial score (nSPS) is 21.4. The fraction of sp³-hybridized carbons (Fsp3) is 0.450. The van der Waals surface area contributed by atoms with Gasteiger partial charge >= 0.3 is 0 Å². The number of piperazine rings is 1. The standard InChI is InChI=1S/C20H24FN3O2S/c21-17-4-2-1-3-16(17)19-6-5-15(27-19)13-23-8-10-24(11-9-23)20(25)18-14-26-12-7-22-18/h1-6,18,22H,7-14H2. The highest BCUT2D eigenvalue weighted by Gasteiger charge is 2.28. The molecule has 0 radical (unpaired) electrons. The lowest BCUT2D eigenvalue weighted by Gasteiger charge is -2.37. The number of hydrogen-bond acceptors (Lipinski definition) is 5. The van der Waals surface area contributed by atoms with Gasteiger partial charge in [-0.3, -0.25) is 9.69 Å². The maximum absolute atomic E-state index is 14.0. The van der Waals surface area contributed by atoms with E-state index in [0.29, 0.717) is 18.8 Å². The number of thiophene rings is 1. The third-order valence-electron chi connectivity index (χ3n) is 5.08. The number of halogens is 1. The summed E-state index contributed by atoms with van der Waals surface area (Å²) in [6, 6.07) is 10.8. The van der Waals surface area contributed by atoms with Crippen molar-refractivity contribution < 1.29 is 13.9 Å². The molecule has 5 nitrogen and oxygen atoms in total. The molecular weight excluding hydrogens is 365 g/mol. The number of nitrogens with zero attached hydrogens (tertiary/aromatic N) is 2. The molecule has 4 rings (SSSR count). The highest BCUT2D eigenvalue weighted by atomic mass is 32.1. The van der Waals surface area contributed by atoms with E-state index in [1.807, 2.05) is 23.1 Å². The lowest BCUT2D eigenvalue weighted by Crippen LogP contribution is -2.56. The van der Waals surface area contributed by atoms with Crippen LogP contribution in [0.1, 0.15) is 4.88 Å². The van der Waals surface area contributed by atoms with Crippen LogP contribution in [0.25, 0.3) is 10.4 Å². The Morgan fingerprint density at radius 1 is 1.19 bits per heavy atom. The Hall–Kier alpha value is -1.80. The average Bonchev–Trinajstić information content (AvgIpc) is 3.17. The van der Waals surface area contributed by atoms with Crippen LogP contribution >= 0.6 is 11.3 Å². The van der Waals surface area contributed by atoms with Crippen LogP contribution in [0.4, 0.5) is 4.39 Å². The number of morpholine rings is 1. The number of amides is 1. The van der Waals surface area contributed by atoms with Crippen molar-refractivity contribution in [2.75, 3.05) is 45.9 Å². The number of nitrogens with one attached hydrogen (secondary N) is 1. The van der Waals surface area contributed by atoms with Gasteiger partial charge in [-0.25, -0.2) is 4.39 Å². The second kappa shape index (κ2) is 8.48. The molecular formula is C20H24FN3O2S. The van der Waals surface area contributed by atoms with E-state index < -0.39 is 0 Å². The summed E-state index contributed by atoms with van der Waals surface area (Å²) in [5.74, 6) is -0.0364. The first-order valence-electron chi connectivity index (χ1n) is 9.36. The van der Waals surface area contributed by atoms with Crippen LogP contribution in [0.15, 0.2) is 36.4 Å². The third-order valence-corrected chi connectivity index (χ3v) is 6.19. The molecule has 7 heteroatoms. The zero-order chi connectivity index (χ0) is 18.6. The highest BCUT2D eigenvalue weighted by molar-refractivity contribution is 7.15. The van der Waals surface area contributed by atoms with Crippen molar-refractivity contribution in [2.24, 2.45) is 0 Å². The van der Waals surface area contributed by atoms with E-state index in [9.17, 15) is 9.18 Å². The highest BCUT2D eigenvalue weighted by Crippen LogP contribution is 2.30. The van der Waals surface area contributed by atoms with E-state index >= 15 is 0 Å². The minimum absolute atomic E-state index is 0.146. The molecule has 2 saturated heterocycles. The number of carbonyl (C=O) groups is 1. The summed E-state index contributed by atoms with van der Waals surface area (Å²) in [7, 11) is 0. The maximum Gasteiger partial charge on any atom is 0.242 e. The van der Waals surface area contributed by atoms with Gasteiger partial charge in [0.2, 0.25) is 5.91 Å². The van der Waals surface area contributed by atoms with E-state index in [1.165, 1.54) is 10.9 Å². The first-order valence-corrected chi connectivity index (χ1v) is 10.2. The minimum Gasteiger partial charge on any atom is -0.378 e. The van der Waals surface area contributed by atoms with Gasteiger partial charge in [0, 0.05) is 54.6 Å². The monoisotopic (exact) mass is 389 g/mol. The van der Waals surface area contributed by atoms with Gasteiger partial charge in [-0.2, -0.15) is 0 Å². The first-order chi connectivity index (χ1) is 13.2. The molecule has 2 aromatic rings. The number of benzene rings is 1. The van der Waals surface area contributed by atoms with E-state index in [1.54, 1.807) is 17.4 Å². The van der Waals surface area contributed by atoms with Gasteiger partial charge in [-0.15, -0.1) is 11.3 Å². The van der Waals surface area contributed by atoms with Gasteiger partial charge in [0.1, 0.15) is 11.9 Å². The Kier molecular flexibility index (Phi) is 5.83. The number of hydrogen-bond donors (Lipinski definition) is 1. The molecule has 1 amide bonds. The summed E-state index contributed by atoms with van der Waals surface area (Å²) >= 11 is 1.63. The van der Waals surface area contributed by atoms with Crippen molar-refractivity contribution in [3.63, 3.8) is 0 Å². The predicted molar refractivity (Wildman–Crippen MR) is 104 cm³/mol. The van der Waals surface area contributed by atoms with Crippen LogP contribution in [-0.2, 0) is 16.1 Å². The maximum atomic E-state index is 14.0. The van der Waals surface area contributed by atoms with Gasteiger partial charge in [0.05, 0.1) is 13.2 Å². The molecule has 1 N–H and O–H groups in total. The van der Waals surface area contributed by atoms with E-state index in [-0.39, 0.29) is 17.8 Å². The summed E-state index contributed by atoms with van der Waals surface area (Å²) in [4.78, 5) is 19.0. The van der Waals surface area contributed by atoms with Crippen LogP contribution in [0.2, 0.25) is 0 Å². The lowest BCUT2D eigenvalue weighted by atomic mass is 10.2. The summed E-state index contributed by atoms with van der Waals surface area (Å²) in [5.41, 5.74) is 0.659.